The summed E-state index contributed by atoms with van der Waals surface area (Å²) in [5.41, 5.74) is 2.58. The number of nitrogens with two attached hydrogens (primary N) is 2. The molecule has 38 heavy (non-hydrogen) atoms. The fraction of sp³-hybridized carbons (Fsp3) is 0.769. The number of anilines is 1. The lowest BCUT2D eigenvalue weighted by atomic mass is 9.94. The summed E-state index contributed by atoms with van der Waals surface area (Å²) in [7, 11) is 0. The van der Waals surface area contributed by atoms with Gasteiger partial charge in [-0.3, -0.25) is 14.2 Å². The molecular formula is C26H44N6O6. The van der Waals surface area contributed by atoms with Gasteiger partial charge in [-0.15, -0.1) is 0 Å². The Labute approximate surface area is 223 Å². The van der Waals surface area contributed by atoms with E-state index in [1.165, 1.54) is 57.8 Å². The minimum Gasteiger partial charge on any atom is -0.394 e. The topological polar surface area (TPSA) is 192 Å². The molecule has 0 saturated carbocycles. The molecule has 3 rings (SSSR count). The Morgan fingerprint density at radius 3 is 2.11 bits per heavy atom. The van der Waals surface area contributed by atoms with Crippen molar-refractivity contribution in [2.45, 2.75) is 121 Å². The summed E-state index contributed by atoms with van der Waals surface area (Å²) in [5, 5.41) is 31.2. The van der Waals surface area contributed by atoms with E-state index in [9.17, 15) is 24.9 Å². The van der Waals surface area contributed by atoms with Gasteiger partial charge in [-0.05, 0) is 6.42 Å². The van der Waals surface area contributed by atoms with E-state index in [-0.39, 0.29) is 23.5 Å². The van der Waals surface area contributed by atoms with Crippen molar-refractivity contribution >= 4 is 22.9 Å². The molecule has 1 fully saturated rings. The maximum atomic E-state index is 13.6. The number of Topliss-reactive ketones (excluding diaryl/α,β-unsaturated/α-hetero) is 1. The number of hydrogen-bond donors (Lipinski definition) is 5. The number of aromatic nitrogens is 4. The van der Waals surface area contributed by atoms with E-state index in [1.54, 1.807) is 0 Å². The average Bonchev–Trinajstić information content (AvgIpc) is 3.46. The zero-order valence-electron chi connectivity index (χ0n) is 22.4. The molecule has 0 amide bonds. The fourth-order valence-electron chi connectivity index (χ4n) is 5.28. The fourth-order valence-corrected chi connectivity index (χ4v) is 5.28. The number of aliphatic hydroxyl groups excluding tert-OH is 3. The van der Waals surface area contributed by atoms with E-state index in [0.29, 0.717) is 6.42 Å². The van der Waals surface area contributed by atoms with Crippen molar-refractivity contribution < 1.29 is 24.9 Å². The predicted molar refractivity (Wildman–Crippen MR) is 144 cm³/mol. The van der Waals surface area contributed by atoms with Gasteiger partial charge < -0.3 is 31.6 Å². The number of imidazole rings is 1. The summed E-state index contributed by atoms with van der Waals surface area (Å²) in [6, 6.07) is 0. The Morgan fingerprint density at radius 2 is 1.58 bits per heavy atom. The zero-order chi connectivity index (χ0) is 27.7. The van der Waals surface area contributed by atoms with Crippen LogP contribution in [0.2, 0.25) is 0 Å². The predicted octanol–water partition coefficient (Wildman–Crippen LogP) is 1.71. The quantitative estimate of drug-likeness (QED) is 0.147. The van der Waals surface area contributed by atoms with E-state index in [2.05, 4.69) is 16.9 Å². The Balaban J connectivity index is 1.60. The molecule has 12 heteroatoms. The summed E-state index contributed by atoms with van der Waals surface area (Å²) in [6.07, 6.45) is 11.7. The van der Waals surface area contributed by atoms with E-state index >= 15 is 0 Å². The highest BCUT2D eigenvalue weighted by Crippen LogP contribution is 2.39. The van der Waals surface area contributed by atoms with E-state index < -0.39 is 42.0 Å². The first-order valence-electron chi connectivity index (χ1n) is 14.0. The second-order valence-electron chi connectivity index (χ2n) is 10.3. The third kappa shape index (κ3) is 6.36. The van der Waals surface area contributed by atoms with Crippen molar-refractivity contribution in [1.29, 1.82) is 0 Å². The molecule has 4 atom stereocenters. The van der Waals surface area contributed by atoms with Gasteiger partial charge in [0, 0.05) is 6.42 Å². The maximum Gasteiger partial charge on any atom is 0.302 e. The highest BCUT2D eigenvalue weighted by Gasteiger charge is 2.60. The number of hydrogen-bond acceptors (Lipinski definition) is 10. The van der Waals surface area contributed by atoms with Crippen LogP contribution >= 0.6 is 0 Å². The molecule has 2 aromatic heterocycles. The molecule has 12 nitrogen and oxygen atoms in total. The van der Waals surface area contributed by atoms with E-state index in [1.807, 2.05) is 0 Å². The number of carbonyl (C=O) groups excluding carboxylic acids is 1. The van der Waals surface area contributed by atoms with E-state index in [4.69, 9.17) is 16.3 Å². The van der Waals surface area contributed by atoms with Gasteiger partial charge in [-0.1, -0.05) is 84.0 Å². The lowest BCUT2D eigenvalue weighted by Crippen LogP contribution is -2.52. The van der Waals surface area contributed by atoms with Crippen molar-refractivity contribution in [3.63, 3.8) is 0 Å². The lowest BCUT2D eigenvalue weighted by molar-refractivity contribution is -0.174. The summed E-state index contributed by atoms with van der Waals surface area (Å²) in [4.78, 5) is 33.5. The van der Waals surface area contributed by atoms with Crippen LogP contribution in [0.3, 0.4) is 0 Å². The first-order valence-corrected chi connectivity index (χ1v) is 14.0. The largest absolute Gasteiger partial charge is 0.394 e. The molecule has 1 aliphatic rings. The van der Waals surface area contributed by atoms with Gasteiger partial charge >= 0.3 is 5.56 Å². The lowest BCUT2D eigenvalue weighted by Gasteiger charge is -2.32. The van der Waals surface area contributed by atoms with E-state index in [0.717, 1.165) is 34.8 Å². The van der Waals surface area contributed by atoms with Crippen molar-refractivity contribution in [2.75, 3.05) is 18.2 Å². The summed E-state index contributed by atoms with van der Waals surface area (Å²) >= 11 is 0. The van der Waals surface area contributed by atoms with Crippen molar-refractivity contribution in [3.05, 3.63) is 16.7 Å². The number of nitrogens with zero attached hydrogens (tertiary/aromatic N) is 4. The summed E-state index contributed by atoms with van der Waals surface area (Å²) in [6.45, 7) is 1.60. The molecular weight excluding hydrogens is 492 g/mol. The van der Waals surface area contributed by atoms with Crippen LogP contribution < -0.4 is 17.1 Å². The molecule has 0 aromatic carbocycles. The Hall–Kier alpha value is -2.54. The van der Waals surface area contributed by atoms with Crippen LogP contribution in [0, 0.1) is 0 Å². The van der Waals surface area contributed by atoms with Crippen LogP contribution in [0.5, 0.6) is 0 Å². The molecule has 214 valence electrons. The SMILES string of the molecule is CCCCCCCCCCCCCCCC(=O)[C@@]1(n2cnc3c(=O)nc(N)n(N)c32)O[C@H](CO)[C@@H](O)[C@H]1O. The molecule has 0 aliphatic carbocycles. The normalized spacial score (nSPS) is 23.4. The van der Waals surface area contributed by atoms with Gasteiger partial charge in [0.25, 0.3) is 0 Å². The number of carbonyl (C=O) groups is 1. The van der Waals surface area contributed by atoms with Gasteiger partial charge in [-0.2, -0.15) is 4.98 Å². The first kappa shape index (κ1) is 30.0. The van der Waals surface area contributed by atoms with Crippen LogP contribution in [-0.2, 0) is 15.3 Å². The number of ketones is 1. The minimum atomic E-state index is -2.14. The van der Waals surface area contributed by atoms with Crippen LogP contribution in [0.25, 0.3) is 11.2 Å². The first-order chi connectivity index (χ1) is 18.3. The Kier molecular flexibility index (Phi) is 11.1. The monoisotopic (exact) mass is 536 g/mol. The summed E-state index contributed by atoms with van der Waals surface area (Å²) < 4.78 is 7.82. The van der Waals surface area contributed by atoms with Crippen LogP contribution in [0.1, 0.15) is 96.8 Å². The molecule has 7 N–H and O–H groups in total. The molecule has 3 heterocycles. The number of ether oxygens (including phenoxy) is 1. The molecule has 2 aromatic rings. The number of fused-ring (bicyclic) bond motifs is 1. The minimum absolute atomic E-state index is 0.0503. The number of rotatable bonds is 17. The van der Waals surface area contributed by atoms with Crippen molar-refractivity contribution in [3.8, 4) is 0 Å². The van der Waals surface area contributed by atoms with Gasteiger partial charge in [0.05, 0.1) is 6.61 Å². The average molecular weight is 537 g/mol. The van der Waals surface area contributed by atoms with Gasteiger partial charge in [0.2, 0.25) is 11.7 Å². The standard InChI is InChI=1S/C26H44N6O6/c1-2-3-4-5-6-7-8-9-10-11-12-13-14-15-19(34)26(22(36)21(35)18(16-33)38-26)31-17-29-20-23(37)30-25(27)32(28)24(20)31/h17-18,21-22,33,35-36H,2-16,28H2,1H3,(H2,27,30,37)/t18-,21-,22-,26-/m1/s1. The number of unbranched alkanes of at least 4 members (excludes halogenated alkanes) is 12. The zero-order valence-corrected chi connectivity index (χ0v) is 22.4. The van der Waals surface area contributed by atoms with Gasteiger partial charge in [0.1, 0.15) is 24.6 Å². The van der Waals surface area contributed by atoms with Crippen LogP contribution in [0.4, 0.5) is 5.95 Å². The number of nitrogen functional groups attached to an aromatic ring is 2. The highest BCUT2D eigenvalue weighted by atomic mass is 16.6. The molecule has 1 aliphatic heterocycles. The summed E-state index contributed by atoms with van der Waals surface area (Å²) in [5.74, 6) is 5.15. The Bertz CT molecular complexity index is 1100. The van der Waals surface area contributed by atoms with Crippen LogP contribution in [0.15, 0.2) is 11.1 Å². The molecule has 0 unspecified atom stereocenters. The molecule has 0 spiro atoms. The third-order valence-corrected chi connectivity index (χ3v) is 7.52. The Morgan fingerprint density at radius 1 is 1.03 bits per heavy atom. The van der Waals surface area contributed by atoms with Gasteiger partial charge in [-0.25, -0.2) is 9.66 Å². The van der Waals surface area contributed by atoms with Crippen molar-refractivity contribution in [1.82, 2.24) is 19.2 Å². The van der Waals surface area contributed by atoms with Crippen LogP contribution in [-0.4, -0.2) is 65.2 Å². The highest BCUT2D eigenvalue weighted by molar-refractivity contribution is 5.88. The molecule has 1 saturated heterocycles. The number of aliphatic hydroxyl groups is 3. The van der Waals surface area contributed by atoms with Crippen molar-refractivity contribution in [2.24, 2.45) is 0 Å². The molecule has 0 bridgehead atoms. The second kappa shape index (κ2) is 14.0. The third-order valence-electron chi connectivity index (χ3n) is 7.52. The smallest absolute Gasteiger partial charge is 0.302 e. The van der Waals surface area contributed by atoms with Gasteiger partial charge in [0.15, 0.2) is 16.9 Å². The maximum absolute atomic E-state index is 13.6. The molecule has 0 radical (unpaired) electrons. The second-order valence-corrected chi connectivity index (χ2v) is 10.3.